The Morgan fingerprint density at radius 2 is 1.80 bits per heavy atom. The molecule has 2 aromatic carbocycles. The van der Waals surface area contributed by atoms with Gasteiger partial charge in [-0.1, -0.05) is 18.2 Å². The second-order valence-electron chi connectivity index (χ2n) is 7.07. The summed E-state index contributed by atoms with van der Waals surface area (Å²) in [5, 5.41) is 5.13. The zero-order valence-electron chi connectivity index (χ0n) is 16.9. The van der Waals surface area contributed by atoms with Crippen molar-refractivity contribution < 1.29 is 22.7 Å². The summed E-state index contributed by atoms with van der Waals surface area (Å²) in [6.45, 7) is 2.26. The Morgan fingerprint density at radius 1 is 1.10 bits per heavy atom. The molecule has 1 heterocycles. The molecule has 1 aliphatic rings. The fourth-order valence-electron chi connectivity index (χ4n) is 3.40. The van der Waals surface area contributed by atoms with Crippen molar-refractivity contribution in [3.63, 3.8) is 0 Å². The number of hydrogen-bond donors (Lipinski definition) is 2. The van der Waals surface area contributed by atoms with Crippen LogP contribution in [-0.4, -0.2) is 50.8 Å². The zero-order valence-corrected chi connectivity index (χ0v) is 17.7. The van der Waals surface area contributed by atoms with Crippen LogP contribution in [0.5, 0.6) is 5.75 Å². The normalized spacial score (nSPS) is 16.8. The van der Waals surface area contributed by atoms with Gasteiger partial charge in [0.1, 0.15) is 5.75 Å². The molecule has 0 spiro atoms. The monoisotopic (exact) mass is 431 g/mol. The smallest absolute Gasteiger partial charge is 0.313 e. The SMILES string of the molecule is COc1ccc(S(=O)(=O)N2CCC[C@H]2CNC(=O)C(=O)Nc2ccccc2C)cc1. The molecule has 1 fully saturated rings. The summed E-state index contributed by atoms with van der Waals surface area (Å²) < 4.78 is 32.4. The lowest BCUT2D eigenvalue weighted by Gasteiger charge is -2.24. The van der Waals surface area contributed by atoms with Crippen LogP contribution in [-0.2, 0) is 19.6 Å². The number of sulfonamides is 1. The number of rotatable bonds is 6. The predicted molar refractivity (Wildman–Crippen MR) is 113 cm³/mol. The molecular formula is C21H25N3O5S. The van der Waals surface area contributed by atoms with E-state index in [2.05, 4.69) is 10.6 Å². The van der Waals surface area contributed by atoms with Crippen molar-refractivity contribution in [2.24, 2.45) is 0 Å². The first-order chi connectivity index (χ1) is 14.3. The van der Waals surface area contributed by atoms with E-state index in [9.17, 15) is 18.0 Å². The first-order valence-corrected chi connectivity index (χ1v) is 11.1. The Kier molecular flexibility index (Phi) is 6.73. The minimum absolute atomic E-state index is 0.0649. The van der Waals surface area contributed by atoms with Crippen LogP contribution in [0, 0.1) is 6.92 Å². The second kappa shape index (κ2) is 9.27. The molecule has 0 radical (unpaired) electrons. The number of carbonyl (C=O) groups is 2. The van der Waals surface area contributed by atoms with Crippen molar-refractivity contribution >= 4 is 27.5 Å². The van der Waals surface area contributed by atoms with E-state index >= 15 is 0 Å². The van der Waals surface area contributed by atoms with Crippen LogP contribution in [0.4, 0.5) is 5.69 Å². The van der Waals surface area contributed by atoms with E-state index < -0.39 is 27.9 Å². The van der Waals surface area contributed by atoms with E-state index in [1.54, 1.807) is 24.3 Å². The fraction of sp³-hybridized carbons (Fsp3) is 0.333. The predicted octanol–water partition coefficient (Wildman–Crippen LogP) is 1.91. The quantitative estimate of drug-likeness (QED) is 0.680. The fourth-order valence-corrected chi connectivity index (χ4v) is 5.09. The van der Waals surface area contributed by atoms with Crippen molar-refractivity contribution in [3.8, 4) is 5.75 Å². The minimum Gasteiger partial charge on any atom is -0.497 e. The van der Waals surface area contributed by atoms with Crippen molar-refractivity contribution in [1.82, 2.24) is 9.62 Å². The van der Waals surface area contributed by atoms with Crippen molar-refractivity contribution in [3.05, 3.63) is 54.1 Å². The summed E-state index contributed by atoms with van der Waals surface area (Å²) in [7, 11) is -2.20. The van der Waals surface area contributed by atoms with Gasteiger partial charge in [0.15, 0.2) is 0 Å². The molecule has 0 unspecified atom stereocenters. The van der Waals surface area contributed by atoms with E-state index in [-0.39, 0.29) is 11.4 Å². The highest BCUT2D eigenvalue weighted by atomic mass is 32.2. The summed E-state index contributed by atoms with van der Waals surface area (Å²) >= 11 is 0. The van der Waals surface area contributed by atoms with Crippen molar-refractivity contribution in [2.75, 3.05) is 25.5 Å². The van der Waals surface area contributed by atoms with Gasteiger partial charge in [0, 0.05) is 24.8 Å². The van der Waals surface area contributed by atoms with Gasteiger partial charge in [-0.3, -0.25) is 9.59 Å². The summed E-state index contributed by atoms with van der Waals surface area (Å²) in [5.74, 6) is -1.02. The molecule has 1 saturated heterocycles. The second-order valence-corrected chi connectivity index (χ2v) is 8.96. The van der Waals surface area contributed by atoms with E-state index in [1.165, 1.54) is 23.5 Å². The molecule has 0 bridgehead atoms. The maximum atomic E-state index is 13.0. The third-order valence-corrected chi connectivity index (χ3v) is 7.05. The summed E-state index contributed by atoms with van der Waals surface area (Å²) in [6, 6.07) is 12.9. The molecule has 8 nitrogen and oxygen atoms in total. The Bertz CT molecular complexity index is 1020. The lowest BCUT2D eigenvalue weighted by Crippen LogP contribution is -2.45. The van der Waals surface area contributed by atoms with E-state index in [4.69, 9.17) is 4.74 Å². The lowest BCUT2D eigenvalue weighted by molar-refractivity contribution is -0.136. The first kappa shape index (κ1) is 21.8. The van der Waals surface area contributed by atoms with Gasteiger partial charge in [0.05, 0.1) is 12.0 Å². The molecule has 2 amide bonds. The Morgan fingerprint density at radius 3 is 2.47 bits per heavy atom. The van der Waals surface area contributed by atoms with Crippen LogP contribution in [0.15, 0.2) is 53.4 Å². The van der Waals surface area contributed by atoms with Gasteiger partial charge >= 0.3 is 11.8 Å². The Balaban J connectivity index is 1.62. The van der Waals surface area contributed by atoms with Crippen LogP contribution in [0.25, 0.3) is 0 Å². The number of benzene rings is 2. The maximum Gasteiger partial charge on any atom is 0.313 e. The van der Waals surface area contributed by atoms with Gasteiger partial charge in [-0.15, -0.1) is 0 Å². The van der Waals surface area contributed by atoms with E-state index in [1.807, 2.05) is 19.1 Å². The average molecular weight is 432 g/mol. The molecule has 2 aromatic rings. The standard InChI is InChI=1S/C21H25N3O5S/c1-15-6-3-4-8-19(15)23-21(26)20(25)22-14-16-7-5-13-24(16)30(27,28)18-11-9-17(29-2)10-12-18/h3-4,6,8-12,16H,5,7,13-14H2,1-2H3,(H,22,25)(H,23,26)/t16-/m0/s1. The van der Waals surface area contributed by atoms with Crippen LogP contribution < -0.4 is 15.4 Å². The number of amides is 2. The van der Waals surface area contributed by atoms with Crippen LogP contribution in [0.3, 0.4) is 0 Å². The summed E-state index contributed by atoms with van der Waals surface area (Å²) in [4.78, 5) is 24.5. The summed E-state index contributed by atoms with van der Waals surface area (Å²) in [5.41, 5.74) is 1.40. The number of nitrogens with one attached hydrogen (secondary N) is 2. The highest BCUT2D eigenvalue weighted by molar-refractivity contribution is 7.89. The number of carbonyl (C=O) groups excluding carboxylic acids is 2. The molecule has 30 heavy (non-hydrogen) atoms. The third kappa shape index (κ3) is 4.80. The zero-order chi connectivity index (χ0) is 21.7. The van der Waals surface area contributed by atoms with Crippen LogP contribution in [0.1, 0.15) is 18.4 Å². The lowest BCUT2D eigenvalue weighted by atomic mass is 10.2. The Labute approximate surface area is 176 Å². The van der Waals surface area contributed by atoms with Gasteiger partial charge < -0.3 is 15.4 Å². The average Bonchev–Trinajstić information content (AvgIpc) is 3.23. The van der Waals surface area contributed by atoms with E-state index in [0.29, 0.717) is 30.8 Å². The minimum atomic E-state index is -3.71. The number of para-hydroxylation sites is 1. The number of methoxy groups -OCH3 is 1. The van der Waals surface area contributed by atoms with Crippen LogP contribution >= 0.6 is 0 Å². The Hall–Kier alpha value is -2.91. The van der Waals surface area contributed by atoms with Gasteiger partial charge in [-0.05, 0) is 55.7 Å². The van der Waals surface area contributed by atoms with Gasteiger partial charge in [0.2, 0.25) is 10.0 Å². The van der Waals surface area contributed by atoms with E-state index in [0.717, 1.165) is 5.56 Å². The number of hydrogen-bond acceptors (Lipinski definition) is 5. The highest BCUT2D eigenvalue weighted by Gasteiger charge is 2.35. The van der Waals surface area contributed by atoms with Gasteiger partial charge in [-0.25, -0.2) is 8.42 Å². The largest absolute Gasteiger partial charge is 0.497 e. The molecule has 3 rings (SSSR count). The number of anilines is 1. The molecule has 0 aliphatic carbocycles. The molecule has 2 N–H and O–H groups in total. The van der Waals surface area contributed by atoms with Gasteiger partial charge in [0.25, 0.3) is 0 Å². The molecule has 1 aliphatic heterocycles. The molecule has 9 heteroatoms. The summed E-state index contributed by atoms with van der Waals surface area (Å²) in [6.07, 6.45) is 1.29. The van der Waals surface area contributed by atoms with Crippen molar-refractivity contribution in [2.45, 2.75) is 30.7 Å². The van der Waals surface area contributed by atoms with Crippen molar-refractivity contribution in [1.29, 1.82) is 0 Å². The highest BCUT2D eigenvalue weighted by Crippen LogP contribution is 2.27. The molecule has 0 saturated carbocycles. The first-order valence-electron chi connectivity index (χ1n) is 9.63. The van der Waals surface area contributed by atoms with Gasteiger partial charge in [-0.2, -0.15) is 4.31 Å². The topological polar surface area (TPSA) is 105 Å². The number of nitrogens with zero attached hydrogens (tertiary/aromatic N) is 1. The molecule has 0 aromatic heterocycles. The molecule has 160 valence electrons. The maximum absolute atomic E-state index is 13.0. The van der Waals surface area contributed by atoms with Crippen LogP contribution in [0.2, 0.25) is 0 Å². The molecular weight excluding hydrogens is 406 g/mol. The molecule has 1 atom stereocenters. The number of aryl methyl sites for hydroxylation is 1. The number of ether oxygens (including phenoxy) is 1. The third-order valence-electron chi connectivity index (χ3n) is 5.09.